The molecular weight excluding hydrogens is 552 g/mol. The number of unbranched alkanes of at least 4 members (excludes halogenated alkanes) is 18. The fourth-order valence-corrected chi connectivity index (χ4v) is 6.61. The number of nitrogen functional groups attached to an aromatic ring is 1. The van der Waals surface area contributed by atoms with Gasteiger partial charge in [0.1, 0.15) is 5.75 Å². The van der Waals surface area contributed by atoms with Gasteiger partial charge in [0.15, 0.2) is 0 Å². The van der Waals surface area contributed by atoms with Gasteiger partial charge in [-0.2, -0.15) is 0 Å². The molecule has 4 nitrogen and oxygen atoms in total. The molecule has 0 heterocycles. The summed E-state index contributed by atoms with van der Waals surface area (Å²) in [6.45, 7) is 5.97. The Bertz CT molecular complexity index is 1220. The number of nitrogens with two attached hydrogens (primary N) is 1. The van der Waals surface area contributed by atoms with Gasteiger partial charge < -0.3 is 15.7 Å². The van der Waals surface area contributed by atoms with Gasteiger partial charge >= 0.3 is 0 Å². The number of carbonyl (C=O) groups excluding carboxylic acids is 1. The first-order chi connectivity index (χ1) is 22.1. The lowest BCUT2D eigenvalue weighted by molar-refractivity contribution is 0.0747. The van der Waals surface area contributed by atoms with Gasteiger partial charge in [0.25, 0.3) is 5.91 Å². The summed E-state index contributed by atoms with van der Waals surface area (Å²) >= 11 is 0. The van der Waals surface area contributed by atoms with Crippen molar-refractivity contribution in [2.24, 2.45) is 0 Å². The van der Waals surface area contributed by atoms with Crippen molar-refractivity contribution < 1.29 is 9.90 Å². The normalized spacial score (nSPS) is 11.3. The van der Waals surface area contributed by atoms with E-state index in [9.17, 15) is 9.90 Å². The first kappa shape index (κ1) is 36.5. The summed E-state index contributed by atoms with van der Waals surface area (Å²) in [7, 11) is 0. The summed E-state index contributed by atoms with van der Waals surface area (Å²) in [6.07, 6.45) is 25.3. The molecule has 0 bridgehead atoms. The van der Waals surface area contributed by atoms with E-state index in [1.54, 1.807) is 0 Å². The van der Waals surface area contributed by atoms with Gasteiger partial charge in [-0.1, -0.05) is 184 Å². The summed E-state index contributed by atoms with van der Waals surface area (Å²) in [5.74, 6) is -0.0598. The zero-order valence-electron chi connectivity index (χ0n) is 28.6. The fraction of sp³-hybridized carbons (Fsp3) is 0.585. The van der Waals surface area contributed by atoms with E-state index < -0.39 is 0 Å². The number of phenols is 1. The molecule has 0 saturated heterocycles. The molecule has 0 unspecified atom stereocenters. The number of amides is 1. The molecule has 248 valence electrons. The number of benzene rings is 3. The molecular formula is C41H62N2O2. The Morgan fingerprint density at radius 2 is 0.978 bits per heavy atom. The minimum Gasteiger partial charge on any atom is -0.506 e. The average molecular weight is 615 g/mol. The number of phenolic OH excluding ortho intramolecular Hbond substituents is 1. The summed E-state index contributed by atoms with van der Waals surface area (Å²) in [5.41, 5.74) is 9.19. The van der Waals surface area contributed by atoms with Crippen molar-refractivity contribution >= 4 is 22.4 Å². The van der Waals surface area contributed by atoms with Crippen molar-refractivity contribution in [1.29, 1.82) is 0 Å². The van der Waals surface area contributed by atoms with Gasteiger partial charge in [0, 0.05) is 35.1 Å². The molecule has 3 aromatic carbocycles. The van der Waals surface area contributed by atoms with E-state index >= 15 is 0 Å². The highest BCUT2D eigenvalue weighted by molar-refractivity contribution is 6.15. The topological polar surface area (TPSA) is 66.6 Å². The van der Waals surface area contributed by atoms with E-state index in [2.05, 4.69) is 13.8 Å². The van der Waals surface area contributed by atoms with Crippen LogP contribution >= 0.6 is 0 Å². The Morgan fingerprint density at radius 1 is 0.578 bits per heavy atom. The van der Waals surface area contributed by atoms with Crippen LogP contribution in [0.3, 0.4) is 0 Å². The fourth-order valence-electron chi connectivity index (χ4n) is 6.61. The highest BCUT2D eigenvalue weighted by Gasteiger charge is 2.27. The first-order valence-electron chi connectivity index (χ1n) is 18.5. The summed E-state index contributed by atoms with van der Waals surface area (Å²) in [4.78, 5) is 16.5. The minimum atomic E-state index is -0.101. The molecule has 0 aliphatic carbocycles. The van der Waals surface area contributed by atoms with Crippen molar-refractivity contribution in [2.45, 2.75) is 142 Å². The van der Waals surface area contributed by atoms with Crippen LogP contribution in [-0.4, -0.2) is 29.0 Å². The number of anilines is 1. The van der Waals surface area contributed by atoms with Crippen molar-refractivity contribution in [3.63, 3.8) is 0 Å². The largest absolute Gasteiger partial charge is 0.506 e. The number of nitrogens with zero attached hydrogens (tertiary/aromatic N) is 1. The molecule has 0 aliphatic rings. The van der Waals surface area contributed by atoms with E-state index in [0.717, 1.165) is 36.6 Å². The highest BCUT2D eigenvalue weighted by Crippen LogP contribution is 2.43. The van der Waals surface area contributed by atoms with Crippen LogP contribution < -0.4 is 5.73 Å². The minimum absolute atomic E-state index is 0.0415. The Morgan fingerprint density at radius 3 is 1.44 bits per heavy atom. The smallest absolute Gasteiger partial charge is 0.258 e. The number of rotatable bonds is 24. The van der Waals surface area contributed by atoms with E-state index in [0.29, 0.717) is 35.3 Å². The third kappa shape index (κ3) is 12.0. The molecule has 1 amide bonds. The Labute approximate surface area is 274 Å². The average Bonchev–Trinajstić information content (AvgIpc) is 3.07. The predicted octanol–water partition coefficient (Wildman–Crippen LogP) is 12.1. The van der Waals surface area contributed by atoms with Gasteiger partial charge in [0.2, 0.25) is 0 Å². The second-order valence-corrected chi connectivity index (χ2v) is 13.1. The number of hydrogen-bond acceptors (Lipinski definition) is 3. The molecule has 3 N–H and O–H groups in total. The second kappa shape index (κ2) is 21.7. The zero-order chi connectivity index (χ0) is 32.1. The molecule has 0 aliphatic heterocycles. The molecule has 0 spiro atoms. The number of hydrogen-bond donors (Lipinski definition) is 2. The third-order valence-electron chi connectivity index (χ3n) is 9.36. The Balaban J connectivity index is 1.69. The van der Waals surface area contributed by atoms with E-state index in [-0.39, 0.29) is 11.7 Å². The maximum atomic E-state index is 14.4. The van der Waals surface area contributed by atoms with Crippen LogP contribution in [0.25, 0.3) is 21.9 Å². The van der Waals surface area contributed by atoms with Crippen LogP contribution in [0.2, 0.25) is 0 Å². The monoisotopic (exact) mass is 614 g/mol. The summed E-state index contributed by atoms with van der Waals surface area (Å²) in [6, 6.07) is 17.4. The van der Waals surface area contributed by atoms with Gasteiger partial charge in [-0.3, -0.25) is 4.79 Å². The summed E-state index contributed by atoms with van der Waals surface area (Å²) in [5, 5.41) is 13.0. The standard InChI is InChI=1S/C41H62N2O2/c1-3-5-7-9-11-13-15-17-19-26-32-43(33-27-20-18-16-14-12-10-8-6-4-2)41(45)38-37(34-28-22-21-23-29-34)39(42)35-30-24-25-31-36(35)40(38)44/h21-25,28-31,44H,3-20,26-27,32-33,42H2,1-2H3. The lowest BCUT2D eigenvalue weighted by atomic mass is 9.91. The zero-order valence-corrected chi connectivity index (χ0v) is 28.6. The maximum Gasteiger partial charge on any atom is 0.258 e. The number of aromatic hydroxyl groups is 1. The van der Waals surface area contributed by atoms with Crippen molar-refractivity contribution in [3.8, 4) is 16.9 Å². The molecule has 4 heteroatoms. The van der Waals surface area contributed by atoms with Crippen LogP contribution in [0, 0.1) is 0 Å². The predicted molar refractivity (Wildman–Crippen MR) is 195 cm³/mol. The van der Waals surface area contributed by atoms with Crippen LogP contribution in [0.5, 0.6) is 5.75 Å². The van der Waals surface area contributed by atoms with Crippen LogP contribution in [0.15, 0.2) is 54.6 Å². The third-order valence-corrected chi connectivity index (χ3v) is 9.36. The molecule has 3 rings (SSSR count). The molecule has 0 fully saturated rings. The number of fused-ring (bicyclic) bond motifs is 1. The Hall–Kier alpha value is -3.01. The SMILES string of the molecule is CCCCCCCCCCCCN(CCCCCCCCCCCC)C(=O)c1c(-c2ccccc2)c(N)c2ccccc2c1O. The summed E-state index contributed by atoms with van der Waals surface area (Å²) < 4.78 is 0. The van der Waals surface area contributed by atoms with Crippen LogP contribution in [0.1, 0.15) is 153 Å². The van der Waals surface area contributed by atoms with Crippen molar-refractivity contribution in [2.75, 3.05) is 18.8 Å². The highest BCUT2D eigenvalue weighted by atomic mass is 16.3. The lowest BCUT2D eigenvalue weighted by Gasteiger charge is -2.26. The van der Waals surface area contributed by atoms with E-state index in [1.807, 2.05) is 59.5 Å². The van der Waals surface area contributed by atoms with Crippen LogP contribution in [-0.2, 0) is 0 Å². The molecule has 0 radical (unpaired) electrons. The van der Waals surface area contributed by atoms with Crippen molar-refractivity contribution in [3.05, 3.63) is 60.2 Å². The number of carbonyl (C=O) groups is 1. The quantitative estimate of drug-likeness (QED) is 0.0599. The molecule has 3 aromatic rings. The van der Waals surface area contributed by atoms with Gasteiger partial charge in [0.05, 0.1) is 5.56 Å². The van der Waals surface area contributed by atoms with Gasteiger partial charge in [-0.05, 0) is 18.4 Å². The molecule has 0 saturated carbocycles. The van der Waals surface area contributed by atoms with Crippen LogP contribution in [0.4, 0.5) is 5.69 Å². The molecule has 0 aromatic heterocycles. The van der Waals surface area contributed by atoms with E-state index in [4.69, 9.17) is 5.73 Å². The lowest BCUT2D eigenvalue weighted by Crippen LogP contribution is -2.33. The van der Waals surface area contributed by atoms with Crippen molar-refractivity contribution in [1.82, 2.24) is 4.90 Å². The Kier molecular flexibility index (Phi) is 17.6. The maximum absolute atomic E-state index is 14.4. The molecule has 45 heavy (non-hydrogen) atoms. The van der Waals surface area contributed by atoms with E-state index in [1.165, 1.54) is 103 Å². The first-order valence-corrected chi connectivity index (χ1v) is 18.5. The van der Waals surface area contributed by atoms with Gasteiger partial charge in [-0.15, -0.1) is 0 Å². The molecule has 0 atom stereocenters. The van der Waals surface area contributed by atoms with Gasteiger partial charge in [-0.25, -0.2) is 0 Å². The second-order valence-electron chi connectivity index (χ2n) is 13.1.